The zero-order valence-electron chi connectivity index (χ0n) is 16.1. The molecule has 0 radical (unpaired) electrons. The van der Waals surface area contributed by atoms with E-state index in [0.29, 0.717) is 42.1 Å². The molecule has 0 saturated carbocycles. The van der Waals surface area contributed by atoms with Crippen LogP contribution in [-0.4, -0.2) is 39.1 Å². The van der Waals surface area contributed by atoms with Crippen LogP contribution < -0.4 is 16.0 Å². The average Bonchev–Trinajstić information content (AvgIpc) is 2.98. The molecule has 3 rings (SSSR count). The topological polar surface area (TPSA) is 118 Å². The molecule has 1 amide bonds. The third-order valence-electron chi connectivity index (χ3n) is 4.03. The minimum Gasteiger partial charge on any atom is -0.368 e. The molecule has 0 fully saturated rings. The van der Waals surface area contributed by atoms with Gasteiger partial charge >= 0.3 is 0 Å². The van der Waals surface area contributed by atoms with Crippen molar-refractivity contribution in [3.05, 3.63) is 53.3 Å². The molecule has 3 aromatic rings. The van der Waals surface area contributed by atoms with Gasteiger partial charge < -0.3 is 20.5 Å². The lowest BCUT2D eigenvalue weighted by atomic mass is 10.1. The summed E-state index contributed by atoms with van der Waals surface area (Å²) < 4.78 is 5.08. The van der Waals surface area contributed by atoms with Crippen molar-refractivity contribution in [1.82, 2.24) is 25.4 Å². The Labute approximate surface area is 163 Å². The number of rotatable bonds is 8. The Kier molecular flexibility index (Phi) is 6.15. The Balaban J connectivity index is 1.48. The Hall–Kier alpha value is -3.49. The molecule has 0 aliphatic rings. The molecule has 146 valence electrons. The normalized spacial score (nSPS) is 10.5. The Morgan fingerprint density at radius 3 is 2.61 bits per heavy atom. The molecule has 0 bridgehead atoms. The van der Waals surface area contributed by atoms with Crippen LogP contribution in [0.4, 0.5) is 17.5 Å². The molecule has 0 saturated heterocycles. The highest BCUT2D eigenvalue weighted by Gasteiger charge is 2.13. The van der Waals surface area contributed by atoms with E-state index in [4.69, 9.17) is 4.52 Å². The van der Waals surface area contributed by atoms with Crippen LogP contribution in [0.2, 0.25) is 0 Å². The van der Waals surface area contributed by atoms with Gasteiger partial charge in [0.15, 0.2) is 0 Å². The SMILES string of the molecule is Cc1nc(NCCNC(=O)Cc2c(C)noc2C)cc(Nc2ccccn2)n1. The van der Waals surface area contributed by atoms with Crippen molar-refractivity contribution in [3.63, 3.8) is 0 Å². The summed E-state index contributed by atoms with van der Waals surface area (Å²) in [5.74, 6) is 3.26. The van der Waals surface area contributed by atoms with Crippen LogP contribution in [0.25, 0.3) is 0 Å². The van der Waals surface area contributed by atoms with Gasteiger partial charge in [-0.15, -0.1) is 0 Å². The van der Waals surface area contributed by atoms with Gasteiger partial charge in [0.1, 0.15) is 29.0 Å². The first-order chi connectivity index (χ1) is 13.5. The summed E-state index contributed by atoms with van der Waals surface area (Å²) in [6, 6.07) is 7.41. The van der Waals surface area contributed by atoms with E-state index >= 15 is 0 Å². The number of nitrogens with one attached hydrogen (secondary N) is 3. The van der Waals surface area contributed by atoms with Crippen molar-refractivity contribution in [1.29, 1.82) is 0 Å². The number of aryl methyl sites for hydroxylation is 3. The molecule has 3 N–H and O–H groups in total. The summed E-state index contributed by atoms with van der Waals surface area (Å²) in [5, 5.41) is 13.1. The third-order valence-corrected chi connectivity index (χ3v) is 4.03. The van der Waals surface area contributed by atoms with Gasteiger partial charge in [0.25, 0.3) is 0 Å². The van der Waals surface area contributed by atoms with Crippen LogP contribution in [0.1, 0.15) is 22.8 Å². The predicted octanol–water partition coefficient (Wildman–Crippen LogP) is 2.30. The first-order valence-corrected chi connectivity index (χ1v) is 8.97. The van der Waals surface area contributed by atoms with Gasteiger partial charge in [-0.3, -0.25) is 4.79 Å². The van der Waals surface area contributed by atoms with Crippen molar-refractivity contribution in [3.8, 4) is 0 Å². The molecule has 0 unspecified atom stereocenters. The average molecular weight is 381 g/mol. The maximum Gasteiger partial charge on any atom is 0.224 e. The molecule has 9 heteroatoms. The summed E-state index contributed by atoms with van der Waals surface area (Å²) in [7, 11) is 0. The number of nitrogens with zero attached hydrogens (tertiary/aromatic N) is 4. The van der Waals surface area contributed by atoms with Crippen molar-refractivity contribution >= 4 is 23.4 Å². The number of anilines is 3. The number of hydrogen-bond donors (Lipinski definition) is 3. The van der Waals surface area contributed by atoms with E-state index in [2.05, 4.69) is 36.1 Å². The minimum absolute atomic E-state index is 0.0763. The molecule has 0 aliphatic heterocycles. The van der Waals surface area contributed by atoms with Crippen molar-refractivity contribution < 1.29 is 9.32 Å². The largest absolute Gasteiger partial charge is 0.368 e. The quantitative estimate of drug-likeness (QED) is 0.509. The lowest BCUT2D eigenvalue weighted by Gasteiger charge is -2.10. The first kappa shape index (κ1) is 19.3. The molecule has 3 aromatic heterocycles. The minimum atomic E-state index is -0.0763. The lowest BCUT2D eigenvalue weighted by Crippen LogP contribution is -2.30. The second-order valence-corrected chi connectivity index (χ2v) is 6.28. The van der Waals surface area contributed by atoms with Gasteiger partial charge in [0.05, 0.1) is 12.1 Å². The summed E-state index contributed by atoms with van der Waals surface area (Å²) in [4.78, 5) is 25.0. The molecule has 0 spiro atoms. The molecule has 3 heterocycles. The second-order valence-electron chi connectivity index (χ2n) is 6.28. The number of pyridine rings is 1. The molecule has 0 aromatic carbocycles. The summed E-state index contributed by atoms with van der Waals surface area (Å²) in [5.41, 5.74) is 1.58. The van der Waals surface area contributed by atoms with Gasteiger partial charge in [0, 0.05) is 30.9 Å². The van der Waals surface area contributed by atoms with E-state index in [1.807, 2.05) is 32.0 Å². The first-order valence-electron chi connectivity index (χ1n) is 8.97. The van der Waals surface area contributed by atoms with Crippen molar-refractivity contribution in [2.24, 2.45) is 0 Å². The Morgan fingerprint density at radius 1 is 1.07 bits per heavy atom. The van der Waals surface area contributed by atoms with Crippen LogP contribution in [0.15, 0.2) is 35.0 Å². The number of amides is 1. The van der Waals surface area contributed by atoms with E-state index < -0.39 is 0 Å². The Bertz CT molecular complexity index is 921. The monoisotopic (exact) mass is 381 g/mol. The fourth-order valence-corrected chi connectivity index (χ4v) is 2.66. The van der Waals surface area contributed by atoms with E-state index in [9.17, 15) is 4.79 Å². The summed E-state index contributed by atoms with van der Waals surface area (Å²) in [6.07, 6.45) is 1.97. The van der Waals surface area contributed by atoms with Crippen LogP contribution in [0.3, 0.4) is 0 Å². The fourth-order valence-electron chi connectivity index (χ4n) is 2.66. The van der Waals surface area contributed by atoms with Gasteiger partial charge in [-0.05, 0) is 32.9 Å². The molecular weight excluding hydrogens is 358 g/mol. The molecular formula is C19H23N7O2. The molecule has 0 aliphatic carbocycles. The molecule has 28 heavy (non-hydrogen) atoms. The van der Waals surface area contributed by atoms with E-state index in [-0.39, 0.29) is 12.3 Å². The number of carbonyl (C=O) groups excluding carboxylic acids is 1. The van der Waals surface area contributed by atoms with Gasteiger partial charge in [-0.2, -0.15) is 0 Å². The fraction of sp³-hybridized carbons (Fsp3) is 0.316. The zero-order chi connectivity index (χ0) is 19.9. The Morgan fingerprint density at radius 2 is 1.89 bits per heavy atom. The lowest BCUT2D eigenvalue weighted by molar-refractivity contribution is -0.120. The highest BCUT2D eigenvalue weighted by molar-refractivity contribution is 5.79. The van der Waals surface area contributed by atoms with E-state index in [1.165, 1.54) is 0 Å². The maximum atomic E-state index is 12.1. The summed E-state index contributed by atoms with van der Waals surface area (Å²) in [6.45, 7) is 6.45. The highest BCUT2D eigenvalue weighted by atomic mass is 16.5. The van der Waals surface area contributed by atoms with Crippen LogP contribution >= 0.6 is 0 Å². The maximum absolute atomic E-state index is 12.1. The number of carbonyl (C=O) groups is 1. The summed E-state index contributed by atoms with van der Waals surface area (Å²) >= 11 is 0. The number of aromatic nitrogens is 4. The van der Waals surface area contributed by atoms with E-state index in [1.54, 1.807) is 19.2 Å². The van der Waals surface area contributed by atoms with E-state index in [0.717, 1.165) is 11.3 Å². The van der Waals surface area contributed by atoms with Crippen LogP contribution in [0, 0.1) is 20.8 Å². The van der Waals surface area contributed by atoms with Gasteiger partial charge in [-0.25, -0.2) is 15.0 Å². The predicted molar refractivity (Wildman–Crippen MR) is 105 cm³/mol. The van der Waals surface area contributed by atoms with Gasteiger partial charge in [0.2, 0.25) is 5.91 Å². The number of hydrogen-bond acceptors (Lipinski definition) is 8. The standard InChI is InChI=1S/C19H23N7O2/c1-12-15(13(2)28-26-12)10-19(27)22-9-8-21-17-11-18(24-14(3)23-17)25-16-6-4-5-7-20-16/h4-7,11H,8-10H2,1-3H3,(H,22,27)(H2,20,21,23,24,25). The van der Waals surface area contributed by atoms with Crippen LogP contribution in [-0.2, 0) is 11.2 Å². The smallest absolute Gasteiger partial charge is 0.224 e. The molecule has 9 nitrogen and oxygen atoms in total. The molecule has 0 atom stereocenters. The van der Waals surface area contributed by atoms with Crippen molar-refractivity contribution in [2.75, 3.05) is 23.7 Å². The van der Waals surface area contributed by atoms with Crippen LogP contribution in [0.5, 0.6) is 0 Å². The van der Waals surface area contributed by atoms with Gasteiger partial charge in [-0.1, -0.05) is 11.2 Å². The second kappa shape index (κ2) is 8.94. The third kappa shape index (κ3) is 5.26. The van der Waals surface area contributed by atoms with Crippen molar-refractivity contribution in [2.45, 2.75) is 27.2 Å². The highest BCUT2D eigenvalue weighted by Crippen LogP contribution is 2.15. The zero-order valence-corrected chi connectivity index (χ0v) is 16.1.